The number of benzene rings is 4. The maximum absolute atomic E-state index is 14.0. The number of aromatic nitrogens is 3. The van der Waals surface area contributed by atoms with Crippen LogP contribution in [0.15, 0.2) is 102 Å². The van der Waals surface area contributed by atoms with Gasteiger partial charge >= 0.3 is 0 Å². The average molecular weight is 658 g/mol. The smallest absolute Gasteiger partial charge is 0.280 e. The van der Waals surface area contributed by atoms with Crippen molar-refractivity contribution in [2.24, 2.45) is 10.8 Å². The van der Waals surface area contributed by atoms with Crippen molar-refractivity contribution >= 4 is 34.8 Å². The Hall–Kier alpha value is -6.30. The Morgan fingerprint density at radius 2 is 1.63 bits per heavy atom. The van der Waals surface area contributed by atoms with Gasteiger partial charge in [-0.2, -0.15) is 20.0 Å². The van der Waals surface area contributed by atoms with Crippen molar-refractivity contribution in [3.8, 4) is 22.8 Å². The number of para-hydroxylation sites is 1. The molecule has 0 radical (unpaired) electrons. The summed E-state index contributed by atoms with van der Waals surface area (Å²) < 4.78 is 11.9. The number of primary amides is 1. The molecule has 1 aromatic heterocycles. The summed E-state index contributed by atoms with van der Waals surface area (Å²) in [4.78, 5) is 40.6. The Balaban J connectivity index is 1.25. The molecule has 5 aromatic rings. The molecule has 12 heteroatoms. The zero-order chi connectivity index (χ0) is 34.7. The van der Waals surface area contributed by atoms with Crippen LogP contribution in [0.1, 0.15) is 40.1 Å². The normalized spacial score (nSPS) is 14.7. The van der Waals surface area contributed by atoms with Crippen LogP contribution in [0.5, 0.6) is 11.5 Å². The van der Waals surface area contributed by atoms with Crippen LogP contribution in [0.25, 0.3) is 11.3 Å². The molecule has 6 rings (SSSR count). The molecule has 2 heterocycles. The van der Waals surface area contributed by atoms with Gasteiger partial charge in [0.25, 0.3) is 17.7 Å². The van der Waals surface area contributed by atoms with E-state index in [0.29, 0.717) is 34.1 Å². The zero-order valence-corrected chi connectivity index (χ0v) is 27.5. The van der Waals surface area contributed by atoms with Crippen molar-refractivity contribution in [1.82, 2.24) is 15.0 Å². The van der Waals surface area contributed by atoms with Gasteiger partial charge in [0.1, 0.15) is 29.5 Å². The van der Waals surface area contributed by atoms with Crippen molar-refractivity contribution in [2.45, 2.75) is 39.8 Å². The number of hydrazone groups is 1. The number of nitrogens with zero attached hydrogens (tertiary/aromatic N) is 5. The Labute approximate surface area is 283 Å². The highest BCUT2D eigenvalue weighted by atomic mass is 16.5. The van der Waals surface area contributed by atoms with Gasteiger partial charge < -0.3 is 20.5 Å². The molecule has 2 unspecified atom stereocenters. The van der Waals surface area contributed by atoms with E-state index in [1.54, 1.807) is 49.4 Å². The molecule has 3 N–H and O–H groups in total. The number of hydrogen-bond acceptors (Lipinski definition) is 8. The molecule has 0 aliphatic carbocycles. The number of amides is 3. The molecule has 0 spiro atoms. The van der Waals surface area contributed by atoms with Gasteiger partial charge in [0, 0.05) is 11.3 Å². The molecule has 4 aromatic carbocycles. The number of anilines is 2. The first-order chi connectivity index (χ1) is 23.6. The second kappa shape index (κ2) is 13.8. The summed E-state index contributed by atoms with van der Waals surface area (Å²) in [6, 6.07) is 27.8. The van der Waals surface area contributed by atoms with E-state index in [1.165, 1.54) is 9.81 Å². The molecular weight excluding hydrogens is 622 g/mol. The fourth-order valence-electron chi connectivity index (χ4n) is 5.39. The minimum absolute atomic E-state index is 0.0589. The number of rotatable bonds is 11. The fourth-order valence-corrected chi connectivity index (χ4v) is 5.39. The van der Waals surface area contributed by atoms with E-state index in [4.69, 9.17) is 15.2 Å². The third kappa shape index (κ3) is 7.18. The minimum atomic E-state index is -1.12. The lowest BCUT2D eigenvalue weighted by Gasteiger charge is -2.17. The maximum atomic E-state index is 14.0. The van der Waals surface area contributed by atoms with Gasteiger partial charge in [0.15, 0.2) is 17.8 Å². The van der Waals surface area contributed by atoms with Crippen molar-refractivity contribution < 1.29 is 23.9 Å². The molecule has 12 nitrogen and oxygen atoms in total. The molecule has 248 valence electrons. The van der Waals surface area contributed by atoms with Gasteiger partial charge in [-0.25, -0.2) is 0 Å². The summed E-state index contributed by atoms with van der Waals surface area (Å²) in [5.74, 6) is -0.368. The van der Waals surface area contributed by atoms with Crippen LogP contribution in [0.4, 0.5) is 11.4 Å². The molecular formula is C37H35N7O5. The summed E-state index contributed by atoms with van der Waals surface area (Å²) in [5.41, 5.74) is 10.8. The monoisotopic (exact) mass is 657 g/mol. The summed E-state index contributed by atoms with van der Waals surface area (Å²) in [6.07, 6.45) is -0.754. The molecule has 0 saturated carbocycles. The minimum Gasteiger partial charge on any atom is -0.487 e. The molecule has 0 fully saturated rings. The van der Waals surface area contributed by atoms with Crippen LogP contribution in [-0.4, -0.2) is 51.1 Å². The van der Waals surface area contributed by atoms with Gasteiger partial charge in [-0.1, -0.05) is 59.7 Å². The Morgan fingerprint density at radius 1 is 0.898 bits per heavy atom. The van der Waals surface area contributed by atoms with Crippen molar-refractivity contribution in [3.05, 3.63) is 119 Å². The predicted octanol–water partition coefficient (Wildman–Crippen LogP) is 5.40. The molecule has 0 bridgehead atoms. The number of carbonyl (C=O) groups is 3. The topological polar surface area (TPSA) is 154 Å². The van der Waals surface area contributed by atoms with Crippen LogP contribution >= 0.6 is 0 Å². The SMILES string of the molecule is Cc1cccc(-c2nn(C3C(=O)N(c4ccc(NC(=O)C(C)Oc5ccc(C)cc5C)cc4)N=C3COc3ccccc3)nc2C(N)=O)c1. The second-order valence-electron chi connectivity index (χ2n) is 11.8. The summed E-state index contributed by atoms with van der Waals surface area (Å²) in [6.45, 7) is 7.46. The fraction of sp³-hybridized carbons (Fsp3) is 0.189. The summed E-state index contributed by atoms with van der Waals surface area (Å²) in [7, 11) is 0. The van der Waals surface area contributed by atoms with Gasteiger partial charge in [-0.3, -0.25) is 14.4 Å². The Kier molecular flexibility index (Phi) is 9.20. The van der Waals surface area contributed by atoms with E-state index in [0.717, 1.165) is 16.7 Å². The van der Waals surface area contributed by atoms with E-state index in [9.17, 15) is 14.4 Å². The van der Waals surface area contributed by atoms with Crippen molar-refractivity contribution in [3.63, 3.8) is 0 Å². The van der Waals surface area contributed by atoms with Gasteiger partial charge in [0.2, 0.25) is 0 Å². The number of carbonyl (C=O) groups excluding carboxylic acids is 3. The van der Waals surface area contributed by atoms with Gasteiger partial charge in [-0.15, -0.1) is 5.10 Å². The highest BCUT2D eigenvalue weighted by Crippen LogP contribution is 2.30. The second-order valence-corrected chi connectivity index (χ2v) is 11.8. The highest BCUT2D eigenvalue weighted by Gasteiger charge is 2.41. The van der Waals surface area contributed by atoms with Crippen LogP contribution in [0, 0.1) is 20.8 Å². The molecule has 3 amide bonds. The van der Waals surface area contributed by atoms with E-state index in [1.807, 2.05) is 75.4 Å². The van der Waals surface area contributed by atoms with Crippen LogP contribution in [0.3, 0.4) is 0 Å². The van der Waals surface area contributed by atoms with Crippen LogP contribution in [0.2, 0.25) is 0 Å². The van der Waals surface area contributed by atoms with E-state index in [2.05, 4.69) is 20.6 Å². The third-order valence-corrected chi connectivity index (χ3v) is 7.88. The Bertz CT molecular complexity index is 2060. The predicted molar refractivity (Wildman–Crippen MR) is 186 cm³/mol. The number of nitrogens with two attached hydrogens (primary N) is 1. The first kappa shape index (κ1) is 32.6. The summed E-state index contributed by atoms with van der Waals surface area (Å²) in [5, 5.41) is 17.6. The highest BCUT2D eigenvalue weighted by molar-refractivity contribution is 6.17. The van der Waals surface area contributed by atoms with E-state index < -0.39 is 24.0 Å². The molecule has 1 aliphatic heterocycles. The number of aryl methyl sites for hydroxylation is 3. The third-order valence-electron chi connectivity index (χ3n) is 7.88. The standard InChI is InChI=1S/C37H35N7O5/c1-22-9-8-10-26(20-22)32-33(35(38)45)42-44(41-32)34-30(21-48-29-11-6-5-7-12-29)40-43(37(34)47)28-16-14-27(15-17-28)39-36(46)25(4)49-31-18-13-23(2)19-24(31)3/h5-20,25,34H,21H2,1-4H3,(H2,38,45)(H,39,46). The average Bonchev–Trinajstić information content (AvgIpc) is 3.67. The molecule has 49 heavy (non-hydrogen) atoms. The lowest BCUT2D eigenvalue weighted by Crippen LogP contribution is -2.33. The quantitative estimate of drug-likeness (QED) is 0.193. The summed E-state index contributed by atoms with van der Waals surface area (Å²) >= 11 is 0. The zero-order valence-electron chi connectivity index (χ0n) is 27.5. The van der Waals surface area contributed by atoms with Crippen molar-refractivity contribution in [1.29, 1.82) is 0 Å². The lowest BCUT2D eigenvalue weighted by atomic mass is 10.1. The number of ether oxygens (including phenoxy) is 2. The van der Waals surface area contributed by atoms with Crippen molar-refractivity contribution in [2.75, 3.05) is 16.9 Å². The maximum Gasteiger partial charge on any atom is 0.280 e. The van der Waals surface area contributed by atoms with Crippen LogP contribution < -0.4 is 25.5 Å². The molecule has 0 saturated heterocycles. The molecule has 2 atom stereocenters. The largest absolute Gasteiger partial charge is 0.487 e. The van der Waals surface area contributed by atoms with Gasteiger partial charge in [-0.05, 0) is 81.8 Å². The number of nitrogens with one attached hydrogen (secondary N) is 1. The lowest BCUT2D eigenvalue weighted by molar-refractivity contribution is -0.122. The van der Waals surface area contributed by atoms with E-state index >= 15 is 0 Å². The van der Waals surface area contributed by atoms with E-state index in [-0.39, 0.29) is 23.9 Å². The van der Waals surface area contributed by atoms with Crippen LogP contribution in [-0.2, 0) is 9.59 Å². The Morgan fingerprint density at radius 3 is 2.33 bits per heavy atom. The van der Waals surface area contributed by atoms with Gasteiger partial charge in [0.05, 0.1) is 5.69 Å². The molecule has 1 aliphatic rings. The first-order valence-electron chi connectivity index (χ1n) is 15.6. The first-order valence-corrected chi connectivity index (χ1v) is 15.6. The number of hydrogen-bond donors (Lipinski definition) is 2.